The number of benzene rings is 5. The zero-order chi connectivity index (χ0) is 21.8. The first kappa shape index (κ1) is 18.3. The Balaban J connectivity index is 1.89. The molecule has 0 saturated heterocycles. The number of hydrogen-bond donors (Lipinski definition) is 3. The molecule has 154 valence electrons. The molecule has 3 N–H and O–H groups in total. The molecule has 0 spiro atoms. The summed E-state index contributed by atoms with van der Waals surface area (Å²) in [6.45, 7) is 0. The third-order valence-electron chi connectivity index (χ3n) is 5.97. The molecule has 6 aromatic rings. The Morgan fingerprint density at radius 1 is 0.531 bits per heavy atom. The Kier molecular flexibility index (Phi) is 3.89. The SMILES string of the molecule is Oc1ccc(-c2c(-c3ccccc3O)oc3c4cccc(O)c4c4ccccc4c23)cc1. The topological polar surface area (TPSA) is 73.8 Å². The summed E-state index contributed by atoms with van der Waals surface area (Å²) in [5.41, 5.74) is 2.88. The predicted molar refractivity (Wildman–Crippen MR) is 127 cm³/mol. The van der Waals surface area contributed by atoms with Crippen LogP contribution >= 0.6 is 0 Å². The molecular formula is C28H18O4. The van der Waals surface area contributed by atoms with Gasteiger partial charge in [-0.2, -0.15) is 0 Å². The van der Waals surface area contributed by atoms with Gasteiger partial charge in [-0.15, -0.1) is 0 Å². The lowest BCUT2D eigenvalue weighted by Gasteiger charge is -2.09. The van der Waals surface area contributed by atoms with Crippen molar-refractivity contribution >= 4 is 32.5 Å². The summed E-state index contributed by atoms with van der Waals surface area (Å²) in [5, 5.41) is 35.5. The van der Waals surface area contributed by atoms with Gasteiger partial charge in [-0.1, -0.05) is 60.7 Å². The average molecular weight is 418 g/mol. The van der Waals surface area contributed by atoms with Gasteiger partial charge in [-0.05, 0) is 46.7 Å². The summed E-state index contributed by atoms with van der Waals surface area (Å²) in [4.78, 5) is 0. The van der Waals surface area contributed by atoms with Gasteiger partial charge in [0.1, 0.15) is 28.6 Å². The molecule has 0 fully saturated rings. The third-order valence-corrected chi connectivity index (χ3v) is 5.97. The lowest BCUT2D eigenvalue weighted by Crippen LogP contribution is -1.84. The van der Waals surface area contributed by atoms with Gasteiger partial charge in [0, 0.05) is 21.7 Å². The first-order valence-corrected chi connectivity index (χ1v) is 10.3. The Bertz CT molecular complexity index is 1640. The Morgan fingerprint density at radius 3 is 1.91 bits per heavy atom. The molecule has 5 aromatic carbocycles. The highest BCUT2D eigenvalue weighted by Gasteiger charge is 2.24. The largest absolute Gasteiger partial charge is 0.508 e. The van der Waals surface area contributed by atoms with Crippen molar-refractivity contribution in [3.8, 4) is 39.7 Å². The third kappa shape index (κ3) is 2.56. The Morgan fingerprint density at radius 2 is 1.16 bits per heavy atom. The molecule has 0 aliphatic rings. The molecule has 0 amide bonds. The number of aromatic hydroxyl groups is 3. The van der Waals surface area contributed by atoms with Crippen LogP contribution < -0.4 is 0 Å². The first-order valence-electron chi connectivity index (χ1n) is 10.3. The summed E-state index contributed by atoms with van der Waals surface area (Å²) >= 11 is 0. The van der Waals surface area contributed by atoms with Crippen LogP contribution in [0.5, 0.6) is 17.2 Å². The Labute approximate surface area is 183 Å². The zero-order valence-electron chi connectivity index (χ0n) is 16.9. The second-order valence-electron chi connectivity index (χ2n) is 7.82. The summed E-state index contributed by atoms with van der Waals surface area (Å²) in [7, 11) is 0. The number of phenols is 3. The highest BCUT2D eigenvalue weighted by Crippen LogP contribution is 2.49. The van der Waals surface area contributed by atoms with E-state index >= 15 is 0 Å². The van der Waals surface area contributed by atoms with E-state index in [0.717, 1.165) is 38.1 Å². The number of hydrogen-bond acceptors (Lipinski definition) is 4. The predicted octanol–water partition coefficient (Wildman–Crippen LogP) is 7.19. The van der Waals surface area contributed by atoms with Crippen molar-refractivity contribution in [2.45, 2.75) is 0 Å². The fourth-order valence-electron chi connectivity index (χ4n) is 4.57. The van der Waals surface area contributed by atoms with Crippen LogP contribution in [0.25, 0.3) is 55.0 Å². The second kappa shape index (κ2) is 6.79. The smallest absolute Gasteiger partial charge is 0.147 e. The van der Waals surface area contributed by atoms with Gasteiger partial charge in [0.25, 0.3) is 0 Å². The van der Waals surface area contributed by atoms with Crippen molar-refractivity contribution in [2.75, 3.05) is 0 Å². The van der Waals surface area contributed by atoms with Crippen molar-refractivity contribution in [2.24, 2.45) is 0 Å². The summed E-state index contributed by atoms with van der Waals surface area (Å²) in [5.74, 6) is 1.01. The van der Waals surface area contributed by atoms with Crippen LogP contribution in [0, 0.1) is 0 Å². The molecule has 0 bridgehead atoms. The number of fused-ring (bicyclic) bond motifs is 6. The van der Waals surface area contributed by atoms with Gasteiger partial charge in [0.2, 0.25) is 0 Å². The van der Waals surface area contributed by atoms with E-state index in [4.69, 9.17) is 4.42 Å². The normalized spacial score (nSPS) is 11.5. The van der Waals surface area contributed by atoms with Gasteiger partial charge in [0.15, 0.2) is 0 Å². The number of rotatable bonds is 2. The van der Waals surface area contributed by atoms with Crippen LogP contribution in [0.15, 0.2) is 95.4 Å². The summed E-state index contributed by atoms with van der Waals surface area (Å²) in [6.07, 6.45) is 0. The standard InChI is InChI=1S/C28H18O4/c29-17-14-12-16(13-15-17)24-26-19-7-2-1-6-18(19)25-21(9-5-11-23(25)31)28(26)32-27(24)20-8-3-4-10-22(20)30/h1-15,29-31H. The second-order valence-corrected chi connectivity index (χ2v) is 7.82. The molecule has 1 aromatic heterocycles. The fraction of sp³-hybridized carbons (Fsp3) is 0. The van der Waals surface area contributed by atoms with Gasteiger partial charge >= 0.3 is 0 Å². The molecule has 32 heavy (non-hydrogen) atoms. The monoisotopic (exact) mass is 418 g/mol. The molecule has 4 heteroatoms. The van der Waals surface area contributed by atoms with E-state index in [0.29, 0.717) is 16.9 Å². The van der Waals surface area contributed by atoms with Gasteiger partial charge in [-0.25, -0.2) is 0 Å². The van der Waals surface area contributed by atoms with Crippen molar-refractivity contribution in [1.29, 1.82) is 0 Å². The summed E-state index contributed by atoms with van der Waals surface area (Å²) in [6, 6.07) is 27.3. The van der Waals surface area contributed by atoms with Gasteiger partial charge < -0.3 is 19.7 Å². The number of furan rings is 1. The molecule has 6 rings (SSSR count). The van der Waals surface area contributed by atoms with E-state index in [-0.39, 0.29) is 17.2 Å². The molecule has 0 aliphatic carbocycles. The molecular weight excluding hydrogens is 400 g/mol. The number of phenolic OH excluding ortho intramolecular Hbond substituents is 3. The Hall–Kier alpha value is -4.44. The fourth-order valence-corrected chi connectivity index (χ4v) is 4.57. The van der Waals surface area contributed by atoms with Crippen LogP contribution in [0.1, 0.15) is 0 Å². The first-order chi connectivity index (χ1) is 15.6. The average Bonchev–Trinajstić information content (AvgIpc) is 3.21. The van der Waals surface area contributed by atoms with E-state index in [2.05, 4.69) is 0 Å². The summed E-state index contributed by atoms with van der Waals surface area (Å²) < 4.78 is 6.49. The van der Waals surface area contributed by atoms with Gasteiger partial charge in [0.05, 0.1) is 5.56 Å². The molecule has 4 nitrogen and oxygen atoms in total. The quantitative estimate of drug-likeness (QED) is 0.260. The maximum atomic E-state index is 10.7. The van der Waals surface area contributed by atoms with Gasteiger partial charge in [-0.3, -0.25) is 0 Å². The minimum atomic E-state index is 0.114. The molecule has 0 saturated carbocycles. The van der Waals surface area contributed by atoms with Crippen LogP contribution in [0.2, 0.25) is 0 Å². The van der Waals surface area contributed by atoms with E-state index < -0.39 is 0 Å². The highest BCUT2D eigenvalue weighted by molar-refractivity contribution is 6.29. The minimum absolute atomic E-state index is 0.114. The van der Waals surface area contributed by atoms with Crippen molar-refractivity contribution in [3.05, 3.63) is 91.0 Å². The lowest BCUT2D eigenvalue weighted by molar-refractivity contribution is 0.474. The van der Waals surface area contributed by atoms with Crippen LogP contribution in [-0.4, -0.2) is 15.3 Å². The van der Waals surface area contributed by atoms with E-state index in [1.807, 2.05) is 54.6 Å². The zero-order valence-corrected chi connectivity index (χ0v) is 16.9. The van der Waals surface area contributed by atoms with E-state index in [1.165, 1.54) is 0 Å². The number of para-hydroxylation sites is 1. The molecule has 0 aliphatic heterocycles. The maximum absolute atomic E-state index is 10.7. The van der Waals surface area contributed by atoms with Crippen LogP contribution in [-0.2, 0) is 0 Å². The highest BCUT2D eigenvalue weighted by atomic mass is 16.3. The van der Waals surface area contributed by atoms with E-state index in [9.17, 15) is 15.3 Å². The van der Waals surface area contributed by atoms with Crippen molar-refractivity contribution in [3.63, 3.8) is 0 Å². The van der Waals surface area contributed by atoms with Crippen LogP contribution in [0.4, 0.5) is 0 Å². The lowest BCUT2D eigenvalue weighted by atomic mass is 9.92. The molecule has 1 heterocycles. The van der Waals surface area contributed by atoms with Crippen molar-refractivity contribution < 1.29 is 19.7 Å². The van der Waals surface area contributed by atoms with Crippen molar-refractivity contribution in [1.82, 2.24) is 0 Å². The van der Waals surface area contributed by atoms with Crippen LogP contribution in [0.3, 0.4) is 0 Å². The molecule has 0 atom stereocenters. The minimum Gasteiger partial charge on any atom is -0.508 e. The molecule has 0 unspecified atom stereocenters. The maximum Gasteiger partial charge on any atom is 0.147 e. The van der Waals surface area contributed by atoms with E-state index in [1.54, 1.807) is 36.4 Å². The molecule has 0 radical (unpaired) electrons.